The van der Waals surface area contributed by atoms with Crippen molar-refractivity contribution in [3.05, 3.63) is 34.1 Å². The van der Waals surface area contributed by atoms with Gasteiger partial charge < -0.3 is 5.73 Å². The molecular formula is C11H13BrFNO2S. The first-order valence-electron chi connectivity index (χ1n) is 5.30. The molecule has 1 aromatic carbocycles. The summed E-state index contributed by atoms with van der Waals surface area (Å²) in [5, 5.41) is 0. The second-order valence-electron chi connectivity index (χ2n) is 4.33. The fourth-order valence-electron chi connectivity index (χ4n) is 2.14. The van der Waals surface area contributed by atoms with Crippen molar-refractivity contribution in [3.63, 3.8) is 0 Å². The molecule has 1 aliphatic heterocycles. The van der Waals surface area contributed by atoms with Crippen molar-refractivity contribution in [1.29, 1.82) is 0 Å². The molecule has 0 spiro atoms. The van der Waals surface area contributed by atoms with E-state index in [9.17, 15) is 12.8 Å². The molecule has 0 radical (unpaired) electrons. The Kier molecular flexibility index (Phi) is 3.56. The van der Waals surface area contributed by atoms with Crippen molar-refractivity contribution in [2.45, 2.75) is 12.5 Å². The number of nitrogens with two attached hydrogens (primary N) is 1. The number of hydrogen-bond acceptors (Lipinski definition) is 3. The van der Waals surface area contributed by atoms with Crippen LogP contribution >= 0.6 is 15.9 Å². The Hall–Kier alpha value is -0.460. The van der Waals surface area contributed by atoms with Gasteiger partial charge in [-0.15, -0.1) is 0 Å². The van der Waals surface area contributed by atoms with E-state index in [0.29, 0.717) is 16.5 Å². The molecule has 2 N–H and O–H groups in total. The summed E-state index contributed by atoms with van der Waals surface area (Å²) in [5.41, 5.74) is 6.34. The molecule has 94 valence electrons. The zero-order valence-electron chi connectivity index (χ0n) is 9.07. The van der Waals surface area contributed by atoms with Gasteiger partial charge in [0.15, 0.2) is 9.84 Å². The van der Waals surface area contributed by atoms with Crippen LogP contribution in [0.3, 0.4) is 0 Å². The van der Waals surface area contributed by atoms with Gasteiger partial charge in [-0.3, -0.25) is 0 Å². The third-order valence-corrected chi connectivity index (χ3v) is 5.52. The molecule has 3 nitrogen and oxygen atoms in total. The van der Waals surface area contributed by atoms with Crippen LogP contribution in [0.4, 0.5) is 4.39 Å². The lowest BCUT2D eigenvalue weighted by Gasteiger charge is -2.19. The van der Waals surface area contributed by atoms with Crippen LogP contribution in [0.25, 0.3) is 0 Å². The van der Waals surface area contributed by atoms with Crippen LogP contribution in [0.5, 0.6) is 0 Å². The van der Waals surface area contributed by atoms with Crippen molar-refractivity contribution in [1.82, 2.24) is 0 Å². The van der Waals surface area contributed by atoms with Gasteiger partial charge in [0.1, 0.15) is 5.82 Å². The Morgan fingerprint density at radius 2 is 2.18 bits per heavy atom. The second kappa shape index (κ2) is 4.66. The topological polar surface area (TPSA) is 60.2 Å². The van der Waals surface area contributed by atoms with Crippen molar-refractivity contribution in [3.8, 4) is 0 Å². The van der Waals surface area contributed by atoms with E-state index in [1.807, 2.05) is 0 Å². The van der Waals surface area contributed by atoms with E-state index < -0.39 is 21.7 Å². The minimum atomic E-state index is -2.99. The first-order chi connectivity index (χ1) is 7.91. The van der Waals surface area contributed by atoms with Crippen LogP contribution in [0, 0.1) is 11.7 Å². The Bertz CT molecular complexity index is 532. The fraction of sp³-hybridized carbons (Fsp3) is 0.455. The number of halogens is 2. The van der Waals surface area contributed by atoms with Crippen LogP contribution in [0.1, 0.15) is 18.0 Å². The molecule has 6 heteroatoms. The summed E-state index contributed by atoms with van der Waals surface area (Å²) in [5.74, 6) is -0.380. The predicted octanol–water partition coefficient (Wildman–Crippen LogP) is 2.02. The van der Waals surface area contributed by atoms with Crippen molar-refractivity contribution in [2.75, 3.05) is 11.5 Å². The molecule has 2 rings (SSSR count). The monoisotopic (exact) mass is 321 g/mol. The van der Waals surface area contributed by atoms with Crippen LogP contribution < -0.4 is 5.73 Å². The lowest BCUT2D eigenvalue weighted by atomic mass is 9.93. The lowest BCUT2D eigenvalue weighted by Crippen LogP contribution is -2.23. The average Bonchev–Trinajstić information content (AvgIpc) is 2.62. The quantitative estimate of drug-likeness (QED) is 0.906. The lowest BCUT2D eigenvalue weighted by molar-refractivity contribution is 0.457. The number of benzene rings is 1. The fourth-order valence-corrected chi connectivity index (χ4v) is 4.38. The largest absolute Gasteiger partial charge is 0.324 e. The van der Waals surface area contributed by atoms with Gasteiger partial charge in [-0.1, -0.05) is 12.1 Å². The molecular weight excluding hydrogens is 309 g/mol. The smallest absolute Gasteiger partial charge is 0.150 e. The molecule has 0 aromatic heterocycles. The molecule has 0 saturated carbocycles. The third kappa shape index (κ3) is 2.69. The minimum Gasteiger partial charge on any atom is -0.324 e. The summed E-state index contributed by atoms with van der Waals surface area (Å²) < 4.78 is 36.9. The SMILES string of the molecule is NC(c1cccc(Br)c1F)C1CCS(=O)(=O)C1. The van der Waals surface area contributed by atoms with E-state index in [1.165, 1.54) is 0 Å². The Morgan fingerprint density at radius 3 is 2.76 bits per heavy atom. The molecule has 1 saturated heterocycles. The molecule has 17 heavy (non-hydrogen) atoms. The normalized spacial score (nSPS) is 24.8. The Morgan fingerprint density at radius 1 is 1.47 bits per heavy atom. The molecule has 0 amide bonds. The molecule has 2 unspecified atom stereocenters. The van der Waals surface area contributed by atoms with Crippen molar-refractivity contribution < 1.29 is 12.8 Å². The highest BCUT2D eigenvalue weighted by atomic mass is 79.9. The van der Waals surface area contributed by atoms with Gasteiger partial charge in [0.25, 0.3) is 0 Å². The Balaban J connectivity index is 2.26. The van der Waals surface area contributed by atoms with Gasteiger partial charge in [0, 0.05) is 11.6 Å². The summed E-state index contributed by atoms with van der Waals surface area (Å²) in [4.78, 5) is 0. The van der Waals surface area contributed by atoms with Gasteiger partial charge >= 0.3 is 0 Å². The minimum absolute atomic E-state index is 0.0557. The molecule has 2 atom stereocenters. The van der Waals surface area contributed by atoms with E-state index >= 15 is 0 Å². The summed E-state index contributed by atoms with van der Waals surface area (Å²) in [7, 11) is -2.99. The number of hydrogen-bond donors (Lipinski definition) is 1. The van der Waals surface area contributed by atoms with Gasteiger partial charge in [-0.25, -0.2) is 12.8 Å². The maximum absolute atomic E-state index is 13.8. The summed E-state index contributed by atoms with van der Waals surface area (Å²) in [6.07, 6.45) is 0.509. The van der Waals surface area contributed by atoms with Crippen LogP contribution in [-0.2, 0) is 9.84 Å². The first kappa shape index (κ1) is 13.0. The van der Waals surface area contributed by atoms with E-state index in [1.54, 1.807) is 18.2 Å². The summed E-state index contributed by atoms with van der Waals surface area (Å²) in [6, 6.07) is 4.34. The highest BCUT2D eigenvalue weighted by molar-refractivity contribution is 9.10. The summed E-state index contributed by atoms with van der Waals surface area (Å²) in [6.45, 7) is 0. The third-order valence-electron chi connectivity index (χ3n) is 3.12. The average molecular weight is 322 g/mol. The molecule has 1 aliphatic rings. The highest BCUT2D eigenvalue weighted by Crippen LogP contribution is 2.32. The van der Waals surface area contributed by atoms with Crippen molar-refractivity contribution >= 4 is 25.8 Å². The number of sulfone groups is 1. The molecule has 1 heterocycles. The van der Waals surface area contributed by atoms with Gasteiger partial charge in [-0.2, -0.15) is 0 Å². The second-order valence-corrected chi connectivity index (χ2v) is 7.42. The molecule has 0 aliphatic carbocycles. The van der Waals surface area contributed by atoms with Crippen LogP contribution in [0.15, 0.2) is 22.7 Å². The Labute approximate surface area is 108 Å². The summed E-state index contributed by atoms with van der Waals surface area (Å²) >= 11 is 3.10. The van der Waals surface area contributed by atoms with E-state index in [4.69, 9.17) is 5.73 Å². The van der Waals surface area contributed by atoms with E-state index in [0.717, 1.165) is 0 Å². The zero-order valence-corrected chi connectivity index (χ0v) is 11.5. The zero-order chi connectivity index (χ0) is 12.6. The maximum Gasteiger partial charge on any atom is 0.150 e. The van der Waals surface area contributed by atoms with E-state index in [-0.39, 0.29) is 17.4 Å². The highest BCUT2D eigenvalue weighted by Gasteiger charge is 2.33. The molecule has 1 aromatic rings. The molecule has 1 fully saturated rings. The standard InChI is InChI=1S/C11H13BrFNO2S/c12-9-3-1-2-8(10(9)13)11(14)7-4-5-17(15,16)6-7/h1-3,7,11H,4-6,14H2. The van der Waals surface area contributed by atoms with Gasteiger partial charge in [-0.05, 0) is 34.3 Å². The van der Waals surface area contributed by atoms with Crippen LogP contribution in [0.2, 0.25) is 0 Å². The van der Waals surface area contributed by atoms with Crippen LogP contribution in [-0.4, -0.2) is 19.9 Å². The first-order valence-corrected chi connectivity index (χ1v) is 7.92. The van der Waals surface area contributed by atoms with E-state index in [2.05, 4.69) is 15.9 Å². The number of rotatable bonds is 2. The van der Waals surface area contributed by atoms with Gasteiger partial charge in [0.2, 0.25) is 0 Å². The molecule has 0 bridgehead atoms. The predicted molar refractivity (Wildman–Crippen MR) is 67.8 cm³/mol. The maximum atomic E-state index is 13.8. The van der Waals surface area contributed by atoms with Gasteiger partial charge in [0.05, 0.1) is 16.0 Å². The van der Waals surface area contributed by atoms with Crippen molar-refractivity contribution in [2.24, 2.45) is 11.7 Å².